The zero-order valence-electron chi connectivity index (χ0n) is 22.9. The number of hydrogen-bond acceptors (Lipinski definition) is 10. The number of carbonyl (C=O) groups is 4. The number of rotatable bonds is 4. The van der Waals surface area contributed by atoms with Crippen LogP contribution < -0.4 is 0 Å². The molecule has 1 aromatic rings. The Labute approximate surface area is 221 Å². The van der Waals surface area contributed by atoms with Crippen LogP contribution in [0.2, 0.25) is 0 Å². The number of furan rings is 1. The van der Waals surface area contributed by atoms with Crippen LogP contribution in [0.4, 0.5) is 0 Å². The Morgan fingerprint density at radius 2 is 1.47 bits per heavy atom. The Morgan fingerprint density at radius 1 is 0.921 bits per heavy atom. The van der Waals surface area contributed by atoms with Crippen LogP contribution in [0.15, 0.2) is 23.3 Å². The highest BCUT2D eigenvalue weighted by atomic mass is 16.6. The lowest BCUT2D eigenvalue weighted by atomic mass is 9.39. The fraction of sp³-hybridized carbons (Fsp3) is 0.643. The summed E-state index contributed by atoms with van der Waals surface area (Å²) < 4.78 is 29.0. The number of hydrogen-bond donors (Lipinski definition) is 1. The number of aliphatic hydroxyl groups is 1. The van der Waals surface area contributed by atoms with E-state index in [-0.39, 0.29) is 12.8 Å². The Balaban J connectivity index is 2.06. The maximum absolute atomic E-state index is 13.0. The first-order chi connectivity index (χ1) is 17.6. The van der Waals surface area contributed by atoms with E-state index in [0.29, 0.717) is 11.3 Å². The minimum Gasteiger partial charge on any atom is -0.469 e. The molecule has 4 rings (SSSR count). The standard InChI is InChI=1S/C28H36O10/c1-13-18-9-10-34-20(18)11-19-22(13)23(36-15(3)30)25(38-17(5)32)28(33)26(6,7)12-21(35-14(2)29)24(27(19,28)8)37-16(4)31/h9-10,19,21-25,33H,1,11-12H2,2-8H3/t19-,21-,22-,23+,24-,25-,27-,28+/m0/s1. The minimum absolute atomic E-state index is 0.0749. The second-order valence-electron chi connectivity index (χ2n) is 11.5. The summed E-state index contributed by atoms with van der Waals surface area (Å²) in [5.41, 5.74) is -3.10. The van der Waals surface area contributed by atoms with Gasteiger partial charge in [0.2, 0.25) is 0 Å². The highest BCUT2D eigenvalue weighted by molar-refractivity contribution is 5.73. The summed E-state index contributed by atoms with van der Waals surface area (Å²) in [7, 11) is 0. The summed E-state index contributed by atoms with van der Waals surface area (Å²) >= 11 is 0. The molecule has 0 radical (unpaired) electrons. The molecular formula is C28H36O10. The van der Waals surface area contributed by atoms with Gasteiger partial charge in [-0.3, -0.25) is 19.2 Å². The van der Waals surface area contributed by atoms with Crippen molar-refractivity contribution in [2.75, 3.05) is 0 Å². The third-order valence-electron chi connectivity index (χ3n) is 8.87. The molecule has 0 spiro atoms. The van der Waals surface area contributed by atoms with Crippen molar-refractivity contribution in [3.8, 4) is 0 Å². The molecular weight excluding hydrogens is 496 g/mol. The van der Waals surface area contributed by atoms with E-state index in [1.165, 1.54) is 34.0 Å². The van der Waals surface area contributed by atoms with Gasteiger partial charge in [-0.15, -0.1) is 0 Å². The lowest BCUT2D eigenvalue weighted by Gasteiger charge is -2.70. The average Bonchev–Trinajstić information content (AvgIpc) is 3.25. The van der Waals surface area contributed by atoms with Crippen molar-refractivity contribution in [1.29, 1.82) is 0 Å². The second kappa shape index (κ2) is 9.25. The largest absolute Gasteiger partial charge is 0.469 e. The predicted molar refractivity (Wildman–Crippen MR) is 132 cm³/mol. The normalized spacial score (nSPS) is 37.1. The number of esters is 4. The van der Waals surface area contributed by atoms with Crippen LogP contribution in [-0.2, 0) is 44.5 Å². The lowest BCUT2D eigenvalue weighted by Crippen LogP contribution is -2.82. The van der Waals surface area contributed by atoms with Crippen LogP contribution in [0.25, 0.3) is 5.57 Å². The number of carbonyl (C=O) groups excluding carboxylic acids is 4. The summed E-state index contributed by atoms with van der Waals surface area (Å²) in [5, 5.41) is 13.0. The Bertz CT molecular complexity index is 1180. The van der Waals surface area contributed by atoms with Crippen molar-refractivity contribution < 1.29 is 47.6 Å². The van der Waals surface area contributed by atoms with Crippen LogP contribution in [0.3, 0.4) is 0 Å². The predicted octanol–water partition coefficient (Wildman–Crippen LogP) is 2.99. The zero-order chi connectivity index (χ0) is 28.4. The smallest absolute Gasteiger partial charge is 0.303 e. The maximum Gasteiger partial charge on any atom is 0.303 e. The van der Waals surface area contributed by atoms with Crippen LogP contribution in [0.1, 0.15) is 66.2 Å². The quantitative estimate of drug-likeness (QED) is 0.455. The van der Waals surface area contributed by atoms with Gasteiger partial charge in [-0.25, -0.2) is 0 Å². The monoisotopic (exact) mass is 532 g/mol. The number of fused-ring (bicyclic) bond motifs is 4. The third kappa shape index (κ3) is 3.95. The summed E-state index contributed by atoms with van der Waals surface area (Å²) in [6.45, 7) is 14.5. The first kappa shape index (κ1) is 27.9. The van der Waals surface area contributed by atoms with E-state index in [4.69, 9.17) is 23.4 Å². The molecule has 1 N–H and O–H groups in total. The van der Waals surface area contributed by atoms with Crippen LogP contribution in [0, 0.1) is 22.7 Å². The van der Waals surface area contributed by atoms with Gasteiger partial charge < -0.3 is 28.5 Å². The fourth-order valence-corrected chi connectivity index (χ4v) is 7.61. The molecule has 8 atom stereocenters. The third-order valence-corrected chi connectivity index (χ3v) is 8.87. The van der Waals surface area contributed by atoms with E-state index >= 15 is 0 Å². The van der Waals surface area contributed by atoms with Crippen molar-refractivity contribution in [1.82, 2.24) is 0 Å². The molecule has 2 saturated carbocycles. The van der Waals surface area contributed by atoms with Crippen LogP contribution in [-0.4, -0.2) is 59.0 Å². The molecule has 0 bridgehead atoms. The summed E-state index contributed by atoms with van der Waals surface area (Å²) in [6, 6.07) is 1.76. The first-order valence-corrected chi connectivity index (χ1v) is 12.7. The zero-order valence-corrected chi connectivity index (χ0v) is 22.9. The van der Waals surface area contributed by atoms with E-state index in [1.807, 2.05) is 0 Å². The van der Waals surface area contributed by atoms with E-state index in [2.05, 4.69) is 6.58 Å². The molecule has 0 aromatic carbocycles. The average molecular weight is 533 g/mol. The van der Waals surface area contributed by atoms with Crippen molar-refractivity contribution >= 4 is 29.5 Å². The molecule has 38 heavy (non-hydrogen) atoms. The molecule has 208 valence electrons. The highest BCUT2D eigenvalue weighted by Crippen LogP contribution is 2.68. The minimum atomic E-state index is -1.92. The fourth-order valence-electron chi connectivity index (χ4n) is 7.61. The van der Waals surface area contributed by atoms with Crippen LogP contribution in [0.5, 0.6) is 0 Å². The SMILES string of the molecule is C=C1c2ccoc2C[C@H]2[C@H]1[C@@H](OC(C)=O)[C@H](OC(C)=O)[C@@]1(O)C(C)(C)C[C@H](OC(C)=O)[C@H](OC(C)=O)[C@]21C. The van der Waals surface area contributed by atoms with Crippen molar-refractivity contribution in [3.63, 3.8) is 0 Å². The summed E-state index contributed by atoms with van der Waals surface area (Å²) in [5.74, 6) is -3.13. The topological polar surface area (TPSA) is 139 Å². The molecule has 10 nitrogen and oxygen atoms in total. The molecule has 0 amide bonds. The van der Waals surface area contributed by atoms with E-state index in [1.54, 1.807) is 26.8 Å². The molecule has 0 aliphatic heterocycles. The second-order valence-corrected chi connectivity index (χ2v) is 11.5. The Hall–Kier alpha value is -3.14. The lowest BCUT2D eigenvalue weighted by molar-refractivity contribution is -0.346. The van der Waals surface area contributed by atoms with Gasteiger partial charge in [0.15, 0.2) is 6.10 Å². The molecule has 3 aliphatic rings. The van der Waals surface area contributed by atoms with Crippen molar-refractivity contribution in [2.24, 2.45) is 22.7 Å². The molecule has 3 aliphatic carbocycles. The molecule has 1 aromatic heterocycles. The summed E-state index contributed by atoms with van der Waals surface area (Å²) in [4.78, 5) is 49.5. The Morgan fingerprint density at radius 3 is 2.03 bits per heavy atom. The highest BCUT2D eigenvalue weighted by Gasteiger charge is 2.79. The molecule has 0 saturated heterocycles. The Kier molecular flexibility index (Phi) is 6.79. The maximum atomic E-state index is 13.0. The van der Waals surface area contributed by atoms with Gasteiger partial charge in [-0.1, -0.05) is 27.4 Å². The van der Waals surface area contributed by atoms with Crippen molar-refractivity contribution in [3.05, 3.63) is 30.2 Å². The summed E-state index contributed by atoms with van der Waals surface area (Å²) in [6.07, 6.45) is -2.62. The van der Waals surface area contributed by atoms with Gasteiger partial charge in [0, 0.05) is 56.4 Å². The van der Waals surface area contributed by atoms with Gasteiger partial charge >= 0.3 is 23.9 Å². The molecule has 2 fully saturated rings. The van der Waals surface area contributed by atoms with Gasteiger partial charge in [0.1, 0.15) is 29.7 Å². The molecule has 0 unspecified atom stereocenters. The van der Waals surface area contributed by atoms with E-state index in [0.717, 1.165) is 5.56 Å². The van der Waals surface area contributed by atoms with Crippen LogP contribution >= 0.6 is 0 Å². The molecule has 1 heterocycles. The van der Waals surface area contributed by atoms with Gasteiger partial charge in [0.25, 0.3) is 0 Å². The number of ether oxygens (including phenoxy) is 4. The van der Waals surface area contributed by atoms with Gasteiger partial charge in [-0.2, -0.15) is 0 Å². The van der Waals surface area contributed by atoms with Crippen molar-refractivity contribution in [2.45, 2.75) is 91.3 Å². The first-order valence-electron chi connectivity index (χ1n) is 12.7. The van der Waals surface area contributed by atoms with Gasteiger partial charge in [-0.05, 0) is 24.0 Å². The van der Waals surface area contributed by atoms with Gasteiger partial charge in [0.05, 0.1) is 6.26 Å². The van der Waals surface area contributed by atoms with E-state index < -0.39 is 76.6 Å². The van der Waals surface area contributed by atoms with E-state index in [9.17, 15) is 24.3 Å². The molecule has 10 heteroatoms.